The van der Waals surface area contributed by atoms with Gasteiger partial charge in [-0.25, -0.2) is 4.98 Å². The summed E-state index contributed by atoms with van der Waals surface area (Å²) in [4.78, 5) is 28.2. The van der Waals surface area contributed by atoms with E-state index in [1.807, 2.05) is 26.0 Å². The van der Waals surface area contributed by atoms with Crippen LogP contribution in [0.3, 0.4) is 0 Å². The highest BCUT2D eigenvalue weighted by atomic mass is 32.1. The fourth-order valence-electron chi connectivity index (χ4n) is 4.14. The second-order valence-corrected chi connectivity index (χ2v) is 10.0. The summed E-state index contributed by atoms with van der Waals surface area (Å²) in [6.07, 6.45) is 2.71. The molecule has 0 amide bonds. The fourth-order valence-corrected chi connectivity index (χ4v) is 5.16. The molecule has 3 rings (SSSR count). The number of benzene rings is 1. The summed E-state index contributed by atoms with van der Waals surface area (Å²) in [6, 6.07) is 5.44. The van der Waals surface area contributed by atoms with Crippen LogP contribution in [0.2, 0.25) is 0 Å². The number of esters is 1. The van der Waals surface area contributed by atoms with E-state index in [1.54, 1.807) is 19.2 Å². The number of anilines is 1. The second-order valence-electron chi connectivity index (χ2n) is 9.00. The molecular weight excluding hydrogens is 404 g/mol. The van der Waals surface area contributed by atoms with Crippen molar-refractivity contribution in [3.05, 3.63) is 35.0 Å². The second kappa shape index (κ2) is 7.67. The van der Waals surface area contributed by atoms with Gasteiger partial charge in [-0.1, -0.05) is 13.8 Å². The molecule has 0 spiro atoms. The molecule has 1 heterocycles. The quantitative estimate of drug-likeness (QED) is 0.483. The number of carboxylic acid groups (broad SMARTS) is 1. The van der Waals surface area contributed by atoms with Gasteiger partial charge in [-0.2, -0.15) is 0 Å². The Hall–Kier alpha value is -2.45. The average Bonchev–Trinajstić information content (AvgIpc) is 3.13. The summed E-state index contributed by atoms with van der Waals surface area (Å²) in [7, 11) is 0. The molecule has 1 aliphatic carbocycles. The van der Waals surface area contributed by atoms with Gasteiger partial charge in [0.15, 0.2) is 0 Å². The number of aromatic nitrogens is 1. The Balaban J connectivity index is 1.88. The van der Waals surface area contributed by atoms with Gasteiger partial charge in [-0.15, -0.1) is 11.3 Å². The van der Waals surface area contributed by atoms with Crippen LogP contribution in [0.25, 0.3) is 10.4 Å². The molecule has 0 aliphatic heterocycles. The molecule has 4 N–H and O–H groups in total. The van der Waals surface area contributed by atoms with E-state index in [0.717, 1.165) is 16.0 Å². The van der Waals surface area contributed by atoms with Gasteiger partial charge in [0.05, 0.1) is 10.3 Å². The molecule has 0 bridgehead atoms. The Morgan fingerprint density at radius 3 is 2.53 bits per heavy atom. The number of rotatable bonds is 5. The van der Waals surface area contributed by atoms with E-state index in [9.17, 15) is 19.8 Å². The van der Waals surface area contributed by atoms with E-state index in [2.05, 4.69) is 4.98 Å². The molecule has 0 radical (unpaired) electrons. The molecule has 1 aromatic carbocycles. The van der Waals surface area contributed by atoms with Crippen molar-refractivity contribution in [3.63, 3.8) is 0 Å². The number of nitrogens with zero attached hydrogens (tertiary/aromatic N) is 1. The topological polar surface area (TPSA) is 123 Å². The molecule has 7 nitrogen and oxygen atoms in total. The Morgan fingerprint density at radius 2 is 1.93 bits per heavy atom. The molecule has 1 aromatic heterocycles. The lowest BCUT2D eigenvalue weighted by Crippen LogP contribution is -2.51. The van der Waals surface area contributed by atoms with Gasteiger partial charge in [-0.3, -0.25) is 9.59 Å². The number of aliphatic carboxylic acids is 1. The van der Waals surface area contributed by atoms with Gasteiger partial charge in [0.1, 0.15) is 17.2 Å². The van der Waals surface area contributed by atoms with Crippen molar-refractivity contribution in [2.24, 2.45) is 10.8 Å². The summed E-state index contributed by atoms with van der Waals surface area (Å²) >= 11 is 1.37. The van der Waals surface area contributed by atoms with Gasteiger partial charge in [-0.05, 0) is 60.9 Å². The van der Waals surface area contributed by atoms with Crippen molar-refractivity contribution < 1.29 is 24.5 Å². The van der Waals surface area contributed by atoms with Crippen LogP contribution in [0.4, 0.5) is 5.69 Å². The largest absolute Gasteiger partial charge is 0.481 e. The summed E-state index contributed by atoms with van der Waals surface area (Å²) in [5, 5.41) is 21.7. The predicted molar refractivity (Wildman–Crippen MR) is 115 cm³/mol. The normalized spacial score (nSPS) is 25.6. The fraction of sp³-hybridized carbons (Fsp3) is 0.500. The van der Waals surface area contributed by atoms with Gasteiger partial charge >= 0.3 is 11.9 Å². The number of carbonyl (C=O) groups excluding carboxylic acids is 1. The Morgan fingerprint density at radius 1 is 1.23 bits per heavy atom. The molecule has 8 heteroatoms. The highest BCUT2D eigenvalue weighted by Crippen LogP contribution is 2.56. The Labute approximate surface area is 179 Å². The minimum Gasteiger partial charge on any atom is -0.481 e. The van der Waals surface area contributed by atoms with E-state index in [0.29, 0.717) is 30.0 Å². The highest BCUT2D eigenvalue weighted by molar-refractivity contribution is 7.15. The van der Waals surface area contributed by atoms with Crippen LogP contribution in [0.15, 0.2) is 24.4 Å². The smallest absolute Gasteiger partial charge is 0.309 e. The number of carbonyl (C=O) groups is 2. The van der Waals surface area contributed by atoms with E-state index < -0.39 is 22.4 Å². The maximum Gasteiger partial charge on any atom is 0.309 e. The minimum absolute atomic E-state index is 0.130. The number of thiazole rings is 1. The first kappa shape index (κ1) is 22.2. The van der Waals surface area contributed by atoms with Gasteiger partial charge in [0, 0.05) is 18.8 Å². The van der Waals surface area contributed by atoms with Crippen molar-refractivity contribution in [2.45, 2.75) is 59.2 Å². The summed E-state index contributed by atoms with van der Waals surface area (Å²) in [5.41, 5.74) is 5.46. The zero-order valence-electron chi connectivity index (χ0n) is 17.7. The molecule has 0 saturated heterocycles. The van der Waals surface area contributed by atoms with Crippen LogP contribution < -0.4 is 5.73 Å². The van der Waals surface area contributed by atoms with Crippen LogP contribution >= 0.6 is 11.3 Å². The SMILES string of the molecule is CC(=O)OCc1cc(N)cc(-c2cnc([C@@]3(O)CC[C@](C)(C(=O)O)C(C)(C)C3)s2)c1. The molecule has 2 atom stereocenters. The standard InChI is InChI=1S/C22H28N2O5S/c1-13(25)29-11-14-7-15(9-16(23)8-14)17-10-24-18(30-17)22(28)6-5-21(4,19(26)27)20(2,3)12-22/h7-10,28H,5-6,11-12,23H2,1-4H3,(H,26,27)/t21-,22-/m1/s1. The van der Waals surface area contributed by atoms with Crippen molar-refractivity contribution in [3.8, 4) is 10.4 Å². The molecular formula is C22H28N2O5S. The zero-order chi connectivity index (χ0) is 22.3. The van der Waals surface area contributed by atoms with Crippen LogP contribution in [0.1, 0.15) is 57.5 Å². The third-order valence-electron chi connectivity index (χ3n) is 6.38. The molecule has 0 unspecified atom stereocenters. The van der Waals surface area contributed by atoms with E-state index in [4.69, 9.17) is 10.5 Å². The first-order valence-electron chi connectivity index (χ1n) is 9.82. The number of nitrogens with two attached hydrogens (primary N) is 1. The third kappa shape index (κ3) is 4.06. The lowest BCUT2D eigenvalue weighted by molar-refractivity contribution is -0.170. The van der Waals surface area contributed by atoms with Crippen molar-refractivity contribution in [1.82, 2.24) is 4.98 Å². The number of ether oxygens (including phenoxy) is 1. The minimum atomic E-state index is -1.18. The Bertz CT molecular complexity index is 986. The highest BCUT2D eigenvalue weighted by Gasteiger charge is 2.56. The van der Waals surface area contributed by atoms with Crippen LogP contribution in [-0.2, 0) is 26.5 Å². The third-order valence-corrected chi connectivity index (χ3v) is 7.62. The number of aliphatic hydroxyl groups is 1. The Kier molecular flexibility index (Phi) is 5.68. The monoisotopic (exact) mass is 432 g/mol. The lowest BCUT2D eigenvalue weighted by atomic mass is 9.55. The molecule has 162 valence electrons. The van der Waals surface area contributed by atoms with Gasteiger partial charge < -0.3 is 20.7 Å². The molecule has 1 saturated carbocycles. The van der Waals surface area contributed by atoms with Gasteiger partial charge in [0.2, 0.25) is 0 Å². The lowest BCUT2D eigenvalue weighted by Gasteiger charge is -2.50. The number of carboxylic acids is 1. The van der Waals surface area contributed by atoms with Crippen molar-refractivity contribution in [2.75, 3.05) is 5.73 Å². The first-order valence-corrected chi connectivity index (χ1v) is 10.6. The maximum atomic E-state index is 11.8. The maximum absolute atomic E-state index is 11.8. The van der Waals surface area contributed by atoms with Crippen molar-refractivity contribution >= 4 is 29.0 Å². The van der Waals surface area contributed by atoms with E-state index in [-0.39, 0.29) is 12.6 Å². The number of nitrogen functional groups attached to an aromatic ring is 1. The molecule has 30 heavy (non-hydrogen) atoms. The predicted octanol–water partition coefficient (Wildman–Crippen LogP) is 3.94. The molecule has 1 fully saturated rings. The molecule has 1 aliphatic rings. The van der Waals surface area contributed by atoms with Crippen LogP contribution in [0, 0.1) is 10.8 Å². The first-order chi connectivity index (χ1) is 13.9. The zero-order valence-corrected chi connectivity index (χ0v) is 18.5. The summed E-state index contributed by atoms with van der Waals surface area (Å²) < 4.78 is 5.06. The van der Waals surface area contributed by atoms with Crippen molar-refractivity contribution in [1.29, 1.82) is 0 Å². The van der Waals surface area contributed by atoms with E-state index in [1.165, 1.54) is 18.3 Å². The summed E-state index contributed by atoms with van der Waals surface area (Å²) in [6.45, 7) is 7.01. The van der Waals surface area contributed by atoms with Gasteiger partial charge in [0.25, 0.3) is 0 Å². The number of hydrogen-bond donors (Lipinski definition) is 3. The number of hydrogen-bond acceptors (Lipinski definition) is 7. The summed E-state index contributed by atoms with van der Waals surface area (Å²) in [5.74, 6) is -1.20. The van der Waals surface area contributed by atoms with Crippen LogP contribution in [0.5, 0.6) is 0 Å². The average molecular weight is 433 g/mol. The van der Waals surface area contributed by atoms with E-state index >= 15 is 0 Å². The van der Waals surface area contributed by atoms with Crippen LogP contribution in [-0.4, -0.2) is 27.1 Å². The molecule has 2 aromatic rings.